The van der Waals surface area contributed by atoms with E-state index in [1.807, 2.05) is 0 Å². The van der Waals surface area contributed by atoms with Gasteiger partial charge in [-0.25, -0.2) is 8.42 Å². The number of anilines is 2. The van der Waals surface area contributed by atoms with Crippen LogP contribution >= 0.6 is 10.7 Å². The second-order valence-electron chi connectivity index (χ2n) is 2.74. The molecule has 1 aromatic rings. The van der Waals surface area contributed by atoms with Crippen molar-refractivity contribution in [2.24, 2.45) is 0 Å². The average molecular weight is 292 g/mol. The average Bonchev–Trinajstić information content (AvgIpc) is 2.06. The number of nitrogen functional groups attached to an aromatic ring is 2. The number of ether oxygens (including phenoxy) is 1. The fourth-order valence-corrected chi connectivity index (χ4v) is 1.89. The van der Waals surface area contributed by atoms with Gasteiger partial charge in [-0.05, 0) is 0 Å². The molecule has 0 aliphatic rings. The van der Waals surface area contributed by atoms with Gasteiger partial charge in [0.15, 0.2) is 5.82 Å². The highest BCUT2D eigenvalue weighted by atomic mass is 35.7. The first-order valence-corrected chi connectivity index (χ1v) is 6.08. The van der Waals surface area contributed by atoms with Crippen LogP contribution in [-0.2, 0) is 9.05 Å². The first kappa shape index (κ1) is 13.6. The Labute approximate surface area is 97.7 Å². The summed E-state index contributed by atoms with van der Waals surface area (Å²) >= 11 is 0. The molecular formula is C6H5ClF3N3O3S. The number of nitrogens with zero attached hydrogens (tertiary/aromatic N) is 1. The van der Waals surface area contributed by atoms with E-state index >= 15 is 0 Å². The molecule has 0 fully saturated rings. The van der Waals surface area contributed by atoms with E-state index in [4.69, 9.17) is 22.1 Å². The Hall–Kier alpha value is -1.42. The topological polar surface area (TPSA) is 108 Å². The molecule has 0 bridgehead atoms. The second kappa shape index (κ2) is 4.11. The van der Waals surface area contributed by atoms with Crippen LogP contribution in [0.4, 0.5) is 24.7 Å². The molecule has 1 heterocycles. The van der Waals surface area contributed by atoms with Crippen molar-refractivity contribution in [1.29, 1.82) is 0 Å². The third-order valence-corrected chi connectivity index (χ3v) is 2.87. The lowest BCUT2D eigenvalue weighted by Gasteiger charge is -2.11. The monoisotopic (exact) mass is 291 g/mol. The van der Waals surface area contributed by atoms with E-state index < -0.39 is 37.7 Å². The van der Waals surface area contributed by atoms with Crippen LogP contribution in [0.25, 0.3) is 0 Å². The predicted molar refractivity (Wildman–Crippen MR) is 52.8 cm³/mol. The van der Waals surface area contributed by atoms with E-state index in [2.05, 4.69) is 9.72 Å². The van der Waals surface area contributed by atoms with Crippen LogP contribution in [0, 0.1) is 0 Å². The number of pyridine rings is 1. The Kier molecular flexibility index (Phi) is 3.30. The smallest absolute Gasteiger partial charge is 0.395 e. The molecule has 1 aromatic heterocycles. The van der Waals surface area contributed by atoms with Gasteiger partial charge in [0.1, 0.15) is 4.90 Å². The van der Waals surface area contributed by atoms with E-state index in [0.717, 1.165) is 0 Å². The number of hydrogen-bond acceptors (Lipinski definition) is 6. The van der Waals surface area contributed by atoms with Crippen molar-refractivity contribution in [2.45, 2.75) is 11.3 Å². The lowest BCUT2D eigenvalue weighted by atomic mass is 10.4. The van der Waals surface area contributed by atoms with Crippen LogP contribution < -0.4 is 16.2 Å². The molecule has 0 saturated heterocycles. The van der Waals surface area contributed by atoms with Crippen LogP contribution in [0.2, 0.25) is 0 Å². The molecular weight excluding hydrogens is 287 g/mol. The molecule has 4 N–H and O–H groups in total. The quantitative estimate of drug-likeness (QED) is 0.789. The molecule has 11 heteroatoms. The summed E-state index contributed by atoms with van der Waals surface area (Å²) in [5.74, 6) is -1.70. The summed E-state index contributed by atoms with van der Waals surface area (Å²) in [7, 11) is 0.597. The Morgan fingerprint density at radius 1 is 1.35 bits per heavy atom. The van der Waals surface area contributed by atoms with Crippen molar-refractivity contribution in [2.75, 3.05) is 11.5 Å². The van der Waals surface area contributed by atoms with E-state index in [0.29, 0.717) is 6.07 Å². The van der Waals surface area contributed by atoms with Gasteiger partial charge in [0.2, 0.25) is 5.88 Å². The maximum absolute atomic E-state index is 11.9. The van der Waals surface area contributed by atoms with Gasteiger partial charge in [-0.3, -0.25) is 0 Å². The van der Waals surface area contributed by atoms with E-state index in [1.54, 1.807) is 0 Å². The van der Waals surface area contributed by atoms with E-state index in [1.165, 1.54) is 0 Å². The standard InChI is InChI=1S/C6H5ClF3N3O3S/c7-17(14,15)2-1-3(16-6(8,9)10)13-5(12)4(2)11/h1H,11H2,(H2,12,13). The number of alkyl halides is 3. The van der Waals surface area contributed by atoms with Crippen molar-refractivity contribution < 1.29 is 26.3 Å². The largest absolute Gasteiger partial charge is 0.574 e. The lowest BCUT2D eigenvalue weighted by Crippen LogP contribution is -2.19. The molecule has 17 heavy (non-hydrogen) atoms. The van der Waals surface area contributed by atoms with Gasteiger partial charge >= 0.3 is 6.36 Å². The zero-order valence-electron chi connectivity index (χ0n) is 7.82. The molecule has 0 saturated carbocycles. The summed E-state index contributed by atoms with van der Waals surface area (Å²) in [6.07, 6.45) is -5.04. The van der Waals surface area contributed by atoms with Crippen LogP contribution in [0.15, 0.2) is 11.0 Å². The van der Waals surface area contributed by atoms with Crippen LogP contribution in [0.3, 0.4) is 0 Å². The molecule has 96 valence electrons. The second-order valence-corrected chi connectivity index (χ2v) is 5.28. The van der Waals surface area contributed by atoms with Crippen LogP contribution in [-0.4, -0.2) is 19.8 Å². The highest BCUT2D eigenvalue weighted by Crippen LogP contribution is 2.31. The number of aromatic nitrogens is 1. The van der Waals surface area contributed by atoms with E-state index in [9.17, 15) is 21.6 Å². The number of rotatable bonds is 2. The Bertz CT molecular complexity index is 545. The minimum Gasteiger partial charge on any atom is -0.395 e. The summed E-state index contributed by atoms with van der Waals surface area (Å²) in [6, 6.07) is 0.432. The van der Waals surface area contributed by atoms with Crippen LogP contribution in [0.1, 0.15) is 0 Å². The lowest BCUT2D eigenvalue weighted by molar-refractivity contribution is -0.276. The summed E-state index contributed by atoms with van der Waals surface area (Å²) in [5, 5.41) is 0. The molecule has 6 nitrogen and oxygen atoms in total. The molecule has 0 radical (unpaired) electrons. The zero-order valence-corrected chi connectivity index (χ0v) is 9.40. The summed E-state index contributed by atoms with van der Waals surface area (Å²) < 4.78 is 61.0. The van der Waals surface area contributed by atoms with Gasteiger partial charge in [-0.15, -0.1) is 13.2 Å². The van der Waals surface area contributed by atoms with Crippen molar-refractivity contribution >= 4 is 31.2 Å². The number of hydrogen-bond donors (Lipinski definition) is 2. The Morgan fingerprint density at radius 2 is 1.88 bits per heavy atom. The molecule has 0 unspecified atom stereocenters. The maximum Gasteiger partial charge on any atom is 0.574 e. The third-order valence-electron chi connectivity index (χ3n) is 1.51. The van der Waals surface area contributed by atoms with Gasteiger partial charge < -0.3 is 16.2 Å². The molecule has 0 aliphatic carbocycles. The van der Waals surface area contributed by atoms with Gasteiger partial charge in [-0.2, -0.15) is 4.98 Å². The Morgan fingerprint density at radius 3 is 2.29 bits per heavy atom. The Balaban J connectivity index is 3.35. The van der Waals surface area contributed by atoms with Crippen molar-refractivity contribution in [1.82, 2.24) is 4.98 Å². The minimum absolute atomic E-state index is 0.432. The molecule has 0 amide bonds. The maximum atomic E-state index is 11.9. The fraction of sp³-hybridized carbons (Fsp3) is 0.167. The molecule has 0 spiro atoms. The summed E-state index contributed by atoms with van der Waals surface area (Å²) in [6.45, 7) is 0. The normalized spacial score (nSPS) is 12.5. The SMILES string of the molecule is Nc1nc(OC(F)(F)F)cc(S(=O)(=O)Cl)c1N. The van der Waals surface area contributed by atoms with Gasteiger partial charge in [0.05, 0.1) is 5.69 Å². The highest BCUT2D eigenvalue weighted by Gasteiger charge is 2.33. The van der Waals surface area contributed by atoms with Gasteiger partial charge in [-0.1, -0.05) is 0 Å². The van der Waals surface area contributed by atoms with Crippen molar-refractivity contribution in [3.63, 3.8) is 0 Å². The van der Waals surface area contributed by atoms with Gasteiger partial charge in [0, 0.05) is 16.7 Å². The van der Waals surface area contributed by atoms with Crippen molar-refractivity contribution in [3.05, 3.63) is 6.07 Å². The third kappa shape index (κ3) is 3.53. The minimum atomic E-state index is -5.04. The van der Waals surface area contributed by atoms with Crippen molar-refractivity contribution in [3.8, 4) is 5.88 Å². The first-order chi connectivity index (χ1) is 7.50. The molecule has 1 rings (SSSR count). The molecule has 0 atom stereocenters. The number of nitrogens with two attached hydrogens (primary N) is 2. The molecule has 0 aromatic carbocycles. The van der Waals surface area contributed by atoms with Crippen LogP contribution in [0.5, 0.6) is 5.88 Å². The predicted octanol–water partition coefficient (Wildman–Crippen LogP) is 1.07. The fourth-order valence-electron chi connectivity index (χ4n) is 0.900. The summed E-state index contributed by atoms with van der Waals surface area (Å²) in [4.78, 5) is 2.32. The number of halogens is 4. The van der Waals surface area contributed by atoms with Gasteiger partial charge in [0.25, 0.3) is 9.05 Å². The zero-order chi connectivity index (χ0) is 13.4. The van der Waals surface area contributed by atoms with E-state index in [-0.39, 0.29) is 0 Å². The summed E-state index contributed by atoms with van der Waals surface area (Å²) in [5.41, 5.74) is 9.80. The highest BCUT2D eigenvalue weighted by molar-refractivity contribution is 8.13. The first-order valence-electron chi connectivity index (χ1n) is 3.77. The molecule has 0 aliphatic heterocycles.